The molecule has 1 heterocycles. The second kappa shape index (κ2) is 6.74. The first-order valence-electron chi connectivity index (χ1n) is 6.71. The van der Waals surface area contributed by atoms with Crippen molar-refractivity contribution in [2.75, 3.05) is 12.4 Å². The van der Waals surface area contributed by atoms with Gasteiger partial charge in [0.15, 0.2) is 5.96 Å². The molecule has 0 spiro atoms. The number of benzene rings is 1. The number of guanidine groups is 1. The van der Waals surface area contributed by atoms with Crippen molar-refractivity contribution in [2.45, 2.75) is 20.4 Å². The van der Waals surface area contributed by atoms with Crippen LogP contribution in [0.5, 0.6) is 5.75 Å². The maximum atomic E-state index is 5.92. The van der Waals surface area contributed by atoms with E-state index in [4.69, 9.17) is 10.5 Å². The molecule has 5 nitrogen and oxygen atoms in total. The van der Waals surface area contributed by atoms with Crippen LogP contribution < -0.4 is 15.8 Å². The molecule has 21 heavy (non-hydrogen) atoms. The lowest BCUT2D eigenvalue weighted by molar-refractivity contribution is 0.407. The van der Waals surface area contributed by atoms with Crippen LogP contribution in [0.4, 0.5) is 5.69 Å². The van der Waals surface area contributed by atoms with E-state index in [-0.39, 0.29) is 0 Å². The van der Waals surface area contributed by atoms with Crippen LogP contribution in [0.25, 0.3) is 0 Å². The van der Waals surface area contributed by atoms with Gasteiger partial charge in [-0.15, -0.1) is 0 Å². The van der Waals surface area contributed by atoms with Crippen LogP contribution in [-0.4, -0.2) is 18.1 Å². The van der Waals surface area contributed by atoms with Gasteiger partial charge in [-0.25, -0.2) is 4.99 Å². The molecule has 0 bridgehead atoms. The molecule has 3 N–H and O–H groups in total. The number of ether oxygens (including phenoxy) is 1. The van der Waals surface area contributed by atoms with Crippen LogP contribution in [-0.2, 0) is 6.54 Å². The van der Waals surface area contributed by atoms with Gasteiger partial charge in [-0.2, -0.15) is 0 Å². The van der Waals surface area contributed by atoms with Crippen LogP contribution in [0.2, 0.25) is 0 Å². The summed E-state index contributed by atoms with van der Waals surface area (Å²) in [7, 11) is 1.61. The smallest absolute Gasteiger partial charge is 0.193 e. The number of hydrogen-bond donors (Lipinski definition) is 2. The predicted octanol–water partition coefficient (Wildman–Crippen LogP) is 2.63. The SMILES string of the molecule is COc1cccnc1CN=C(N)Nc1cc(C)cc(C)c1. The normalized spacial score (nSPS) is 11.3. The monoisotopic (exact) mass is 284 g/mol. The number of nitrogens with zero attached hydrogens (tertiary/aromatic N) is 2. The number of pyridine rings is 1. The van der Waals surface area contributed by atoms with E-state index in [0.29, 0.717) is 18.3 Å². The van der Waals surface area contributed by atoms with Gasteiger partial charge in [0.05, 0.1) is 13.7 Å². The summed E-state index contributed by atoms with van der Waals surface area (Å²) >= 11 is 0. The first-order chi connectivity index (χ1) is 10.1. The zero-order valence-corrected chi connectivity index (χ0v) is 12.6. The number of rotatable bonds is 4. The van der Waals surface area contributed by atoms with Gasteiger partial charge in [-0.3, -0.25) is 4.98 Å². The second-order valence-corrected chi connectivity index (χ2v) is 4.86. The number of methoxy groups -OCH3 is 1. The molecule has 0 aliphatic heterocycles. The average Bonchev–Trinajstić information content (AvgIpc) is 2.44. The first-order valence-corrected chi connectivity index (χ1v) is 6.71. The summed E-state index contributed by atoms with van der Waals surface area (Å²) in [5, 5.41) is 3.09. The second-order valence-electron chi connectivity index (χ2n) is 4.86. The van der Waals surface area contributed by atoms with E-state index in [9.17, 15) is 0 Å². The van der Waals surface area contributed by atoms with Gasteiger partial charge in [0.2, 0.25) is 0 Å². The van der Waals surface area contributed by atoms with Crippen molar-refractivity contribution < 1.29 is 4.74 Å². The number of aromatic nitrogens is 1. The third-order valence-electron chi connectivity index (χ3n) is 2.96. The minimum atomic E-state index is 0.354. The largest absolute Gasteiger partial charge is 0.495 e. The fraction of sp³-hybridized carbons (Fsp3) is 0.250. The van der Waals surface area contributed by atoms with Gasteiger partial charge in [-0.05, 0) is 49.2 Å². The van der Waals surface area contributed by atoms with Crippen molar-refractivity contribution in [1.29, 1.82) is 0 Å². The molecule has 2 rings (SSSR count). The van der Waals surface area contributed by atoms with E-state index in [1.165, 1.54) is 11.1 Å². The van der Waals surface area contributed by atoms with Crippen LogP contribution in [0.15, 0.2) is 41.5 Å². The Kier molecular flexibility index (Phi) is 4.77. The van der Waals surface area contributed by atoms with Crippen LogP contribution >= 0.6 is 0 Å². The van der Waals surface area contributed by atoms with Crippen LogP contribution in [0.3, 0.4) is 0 Å². The number of hydrogen-bond acceptors (Lipinski definition) is 3. The van der Waals surface area contributed by atoms with E-state index in [1.807, 2.05) is 38.1 Å². The van der Waals surface area contributed by atoms with Crippen molar-refractivity contribution in [3.05, 3.63) is 53.3 Å². The molecule has 0 atom stereocenters. The molecule has 0 aliphatic rings. The minimum Gasteiger partial charge on any atom is -0.495 e. The number of aryl methyl sites for hydroxylation is 2. The molecule has 110 valence electrons. The molecule has 1 aromatic carbocycles. The summed E-state index contributed by atoms with van der Waals surface area (Å²) in [5.41, 5.74) is 9.96. The third kappa shape index (κ3) is 4.21. The fourth-order valence-corrected chi connectivity index (χ4v) is 2.12. The molecular formula is C16H20N4O. The van der Waals surface area contributed by atoms with Crippen molar-refractivity contribution >= 4 is 11.6 Å². The Hall–Kier alpha value is -2.56. The highest BCUT2D eigenvalue weighted by atomic mass is 16.5. The molecule has 0 unspecified atom stereocenters. The lowest BCUT2D eigenvalue weighted by Crippen LogP contribution is -2.22. The maximum absolute atomic E-state index is 5.92. The lowest BCUT2D eigenvalue weighted by atomic mass is 10.1. The Bertz CT molecular complexity index is 632. The highest BCUT2D eigenvalue weighted by Crippen LogP contribution is 2.16. The summed E-state index contributed by atoms with van der Waals surface area (Å²) in [6, 6.07) is 9.83. The molecule has 0 amide bonds. The Balaban J connectivity index is 2.07. The topological polar surface area (TPSA) is 72.5 Å². The molecule has 1 aromatic heterocycles. The molecule has 0 radical (unpaired) electrons. The zero-order chi connectivity index (χ0) is 15.2. The minimum absolute atomic E-state index is 0.354. The van der Waals surface area contributed by atoms with Gasteiger partial charge in [-0.1, -0.05) is 6.07 Å². The van der Waals surface area contributed by atoms with E-state index < -0.39 is 0 Å². The standard InChI is InChI=1S/C16H20N4O/c1-11-7-12(2)9-13(8-11)20-16(17)19-10-14-15(21-3)5-4-6-18-14/h4-9H,10H2,1-3H3,(H3,17,19,20). The molecule has 5 heteroatoms. The molecule has 0 saturated heterocycles. The Morgan fingerprint density at radius 1 is 1.29 bits per heavy atom. The summed E-state index contributed by atoms with van der Waals surface area (Å²) in [6.07, 6.45) is 1.71. The van der Waals surface area contributed by atoms with E-state index in [0.717, 1.165) is 11.4 Å². The highest BCUT2D eigenvalue weighted by Gasteiger charge is 2.03. The molecular weight excluding hydrogens is 264 g/mol. The summed E-state index contributed by atoms with van der Waals surface area (Å²) < 4.78 is 5.23. The number of nitrogens with one attached hydrogen (secondary N) is 1. The van der Waals surface area contributed by atoms with E-state index in [1.54, 1.807) is 13.3 Å². The van der Waals surface area contributed by atoms with E-state index in [2.05, 4.69) is 21.4 Å². The van der Waals surface area contributed by atoms with Gasteiger partial charge in [0.1, 0.15) is 11.4 Å². The quantitative estimate of drug-likeness (QED) is 0.668. The predicted molar refractivity (Wildman–Crippen MR) is 85.7 cm³/mol. The number of nitrogens with two attached hydrogens (primary N) is 1. The van der Waals surface area contributed by atoms with Crippen molar-refractivity contribution in [3.63, 3.8) is 0 Å². The molecule has 0 aliphatic carbocycles. The van der Waals surface area contributed by atoms with Crippen LogP contribution in [0.1, 0.15) is 16.8 Å². The maximum Gasteiger partial charge on any atom is 0.193 e. The van der Waals surface area contributed by atoms with Gasteiger partial charge in [0, 0.05) is 11.9 Å². The summed E-state index contributed by atoms with van der Waals surface area (Å²) in [4.78, 5) is 8.54. The third-order valence-corrected chi connectivity index (χ3v) is 2.96. The van der Waals surface area contributed by atoms with Gasteiger partial charge in [0.25, 0.3) is 0 Å². The lowest BCUT2D eigenvalue weighted by Gasteiger charge is -2.08. The molecule has 0 saturated carbocycles. The molecule has 2 aromatic rings. The van der Waals surface area contributed by atoms with Crippen molar-refractivity contribution in [1.82, 2.24) is 4.98 Å². The summed E-state index contributed by atoms with van der Waals surface area (Å²) in [6.45, 7) is 4.46. The summed E-state index contributed by atoms with van der Waals surface area (Å²) in [5.74, 6) is 1.06. The van der Waals surface area contributed by atoms with Crippen molar-refractivity contribution in [2.24, 2.45) is 10.7 Å². The molecule has 0 fully saturated rings. The Labute approximate surface area is 124 Å². The number of anilines is 1. The zero-order valence-electron chi connectivity index (χ0n) is 12.6. The highest BCUT2D eigenvalue weighted by molar-refractivity contribution is 5.92. The Morgan fingerprint density at radius 3 is 2.67 bits per heavy atom. The van der Waals surface area contributed by atoms with Crippen LogP contribution in [0, 0.1) is 13.8 Å². The van der Waals surface area contributed by atoms with Crippen molar-refractivity contribution in [3.8, 4) is 5.75 Å². The fourth-order valence-electron chi connectivity index (χ4n) is 2.12. The van der Waals surface area contributed by atoms with E-state index >= 15 is 0 Å². The first kappa shape index (κ1) is 14.8. The van der Waals surface area contributed by atoms with Gasteiger partial charge < -0.3 is 15.8 Å². The number of aliphatic imine (C=N–C) groups is 1. The van der Waals surface area contributed by atoms with Gasteiger partial charge >= 0.3 is 0 Å². The average molecular weight is 284 g/mol. The Morgan fingerprint density at radius 2 is 2.00 bits per heavy atom.